The molecule has 1 aromatic carbocycles. The van der Waals surface area contributed by atoms with Gasteiger partial charge in [-0.2, -0.15) is 0 Å². The topological polar surface area (TPSA) is 46.6 Å². The van der Waals surface area contributed by atoms with E-state index in [1.165, 1.54) is 25.7 Å². The number of fused-ring (bicyclic) bond motifs is 2. The molecule has 0 radical (unpaired) electrons. The van der Waals surface area contributed by atoms with E-state index in [4.69, 9.17) is 16.3 Å². The van der Waals surface area contributed by atoms with Gasteiger partial charge in [0.1, 0.15) is 11.5 Å². The van der Waals surface area contributed by atoms with Crippen LogP contribution < -0.4 is 4.74 Å². The Morgan fingerprint density at radius 2 is 1.75 bits per heavy atom. The number of rotatable bonds is 11. The number of benzene rings is 1. The van der Waals surface area contributed by atoms with Crippen LogP contribution in [-0.2, 0) is 4.79 Å². The van der Waals surface area contributed by atoms with Gasteiger partial charge in [0.25, 0.3) is 0 Å². The smallest absolute Gasteiger partial charge is 0.163 e. The summed E-state index contributed by atoms with van der Waals surface area (Å²) >= 11 is 6.10. The number of methoxy groups -OCH3 is 1. The van der Waals surface area contributed by atoms with E-state index in [-0.39, 0.29) is 5.78 Å². The summed E-state index contributed by atoms with van der Waals surface area (Å²) in [5.41, 5.74) is 0.937. The van der Waals surface area contributed by atoms with Crippen molar-refractivity contribution in [1.82, 2.24) is 4.90 Å². The van der Waals surface area contributed by atoms with Gasteiger partial charge in [0.15, 0.2) is 5.78 Å². The zero-order chi connectivity index (χ0) is 23.3. The number of ether oxygens (including phenoxy) is 1. The lowest BCUT2D eigenvalue weighted by Crippen LogP contribution is -2.45. The second-order valence-corrected chi connectivity index (χ2v) is 11.5. The average molecular weight is 462 g/mol. The normalized spacial score (nSPS) is 23.3. The Labute approximate surface area is 199 Å². The third-order valence-electron chi connectivity index (χ3n) is 7.17. The lowest BCUT2D eigenvalue weighted by Gasteiger charge is -2.38. The molecular formula is C27H40ClNO3. The van der Waals surface area contributed by atoms with Gasteiger partial charge in [0.05, 0.1) is 13.7 Å². The number of ketones is 2. The van der Waals surface area contributed by atoms with Crippen molar-refractivity contribution in [3.63, 3.8) is 0 Å². The van der Waals surface area contributed by atoms with E-state index >= 15 is 0 Å². The maximum atomic E-state index is 12.6. The van der Waals surface area contributed by atoms with Crippen LogP contribution in [0.5, 0.6) is 5.75 Å². The molecule has 2 heterocycles. The minimum absolute atomic E-state index is 0.132. The Morgan fingerprint density at radius 1 is 1.06 bits per heavy atom. The summed E-state index contributed by atoms with van der Waals surface area (Å²) in [5, 5.41) is 0.532. The van der Waals surface area contributed by atoms with Gasteiger partial charge in [-0.25, -0.2) is 0 Å². The molecule has 0 saturated carbocycles. The summed E-state index contributed by atoms with van der Waals surface area (Å²) in [7, 11) is 1.58. The predicted octanol–water partition coefficient (Wildman–Crippen LogP) is 6.73. The van der Waals surface area contributed by atoms with Gasteiger partial charge in [-0.05, 0) is 80.9 Å². The molecule has 3 atom stereocenters. The molecule has 0 aliphatic carbocycles. The molecule has 1 aromatic rings. The monoisotopic (exact) mass is 461 g/mol. The number of Topliss-reactive ketones (excluding diaryl/α,β-unsaturated/α-hetero) is 2. The highest BCUT2D eigenvalue weighted by atomic mass is 35.5. The summed E-state index contributed by atoms with van der Waals surface area (Å²) in [5.74, 6) is 1.83. The number of hydrogen-bond donors (Lipinski definition) is 0. The van der Waals surface area contributed by atoms with Gasteiger partial charge in [-0.15, -0.1) is 0 Å². The third kappa shape index (κ3) is 7.31. The Balaban J connectivity index is 1.41. The fourth-order valence-corrected chi connectivity index (χ4v) is 5.74. The fourth-order valence-electron chi connectivity index (χ4n) is 5.52. The van der Waals surface area contributed by atoms with Gasteiger partial charge < -0.3 is 4.74 Å². The van der Waals surface area contributed by atoms with Crippen molar-refractivity contribution in [3.8, 4) is 5.75 Å². The number of piperidine rings is 1. The molecule has 0 N–H and O–H groups in total. The second kappa shape index (κ2) is 11.2. The van der Waals surface area contributed by atoms with E-state index in [0.29, 0.717) is 64.9 Å². The molecule has 0 spiro atoms. The minimum Gasteiger partial charge on any atom is -0.497 e. The lowest BCUT2D eigenvalue weighted by molar-refractivity contribution is -0.121. The zero-order valence-corrected chi connectivity index (χ0v) is 21.0. The molecule has 2 fully saturated rings. The van der Waals surface area contributed by atoms with E-state index in [1.807, 2.05) is 0 Å². The van der Waals surface area contributed by atoms with Crippen LogP contribution in [0, 0.1) is 11.3 Å². The third-order valence-corrected chi connectivity index (χ3v) is 7.39. The molecule has 1 unspecified atom stereocenters. The molecule has 178 valence electrons. The maximum absolute atomic E-state index is 12.6. The molecule has 3 rings (SSSR count). The van der Waals surface area contributed by atoms with Gasteiger partial charge in [0, 0.05) is 35.5 Å². The SMILES string of the molecule is COc1cc(Cl)cc(C(=O)CCCC2C[C@H]3CC[C@@H](C2)N3CC(=O)CCCC(C)(C)C)c1. The van der Waals surface area contributed by atoms with Crippen LogP contribution in [-0.4, -0.2) is 42.2 Å². The van der Waals surface area contributed by atoms with Crippen LogP contribution >= 0.6 is 11.6 Å². The number of carbonyl (C=O) groups is 2. The molecule has 2 aliphatic heterocycles. The summed E-state index contributed by atoms with van der Waals surface area (Å²) < 4.78 is 5.22. The fraction of sp³-hybridized carbons (Fsp3) is 0.704. The zero-order valence-electron chi connectivity index (χ0n) is 20.3. The summed E-state index contributed by atoms with van der Waals surface area (Å²) in [6.07, 6.45) is 10.1. The summed E-state index contributed by atoms with van der Waals surface area (Å²) in [4.78, 5) is 27.7. The Kier molecular flexibility index (Phi) is 8.80. The molecule has 0 amide bonds. The average Bonchev–Trinajstić information content (AvgIpc) is 2.94. The van der Waals surface area contributed by atoms with E-state index in [1.54, 1.807) is 25.3 Å². The van der Waals surface area contributed by atoms with Crippen molar-refractivity contribution >= 4 is 23.2 Å². The standard InChI is InChI=1S/C27H40ClNO3/c1-27(2,3)12-6-8-24(30)18-29-22-10-11-23(29)14-19(13-22)7-5-9-26(31)20-15-21(28)17-25(16-20)32-4/h15-17,19,22-23H,5-14,18H2,1-4H3/t19?,22-,23+. The van der Waals surface area contributed by atoms with E-state index in [0.717, 1.165) is 25.7 Å². The highest BCUT2D eigenvalue weighted by Crippen LogP contribution is 2.40. The van der Waals surface area contributed by atoms with Crippen LogP contribution in [0.15, 0.2) is 18.2 Å². The highest BCUT2D eigenvalue weighted by Gasteiger charge is 2.40. The van der Waals surface area contributed by atoms with Crippen LogP contribution in [0.3, 0.4) is 0 Å². The van der Waals surface area contributed by atoms with Crippen LogP contribution in [0.1, 0.15) is 95.3 Å². The van der Waals surface area contributed by atoms with E-state index in [2.05, 4.69) is 25.7 Å². The Morgan fingerprint density at radius 3 is 2.38 bits per heavy atom. The minimum atomic E-state index is 0.132. The highest BCUT2D eigenvalue weighted by molar-refractivity contribution is 6.31. The first-order chi connectivity index (χ1) is 15.1. The number of hydrogen-bond acceptors (Lipinski definition) is 4. The predicted molar refractivity (Wildman–Crippen MR) is 131 cm³/mol. The molecule has 32 heavy (non-hydrogen) atoms. The molecule has 2 bridgehead atoms. The lowest BCUT2D eigenvalue weighted by atomic mass is 9.86. The van der Waals surface area contributed by atoms with Gasteiger partial charge >= 0.3 is 0 Å². The number of carbonyl (C=O) groups excluding carboxylic acids is 2. The molecule has 5 heteroatoms. The van der Waals surface area contributed by atoms with Crippen molar-refractivity contribution < 1.29 is 14.3 Å². The van der Waals surface area contributed by atoms with Crippen LogP contribution in [0.25, 0.3) is 0 Å². The maximum Gasteiger partial charge on any atom is 0.163 e. The first-order valence-corrected chi connectivity index (χ1v) is 12.7. The molecule has 2 aliphatic rings. The van der Waals surface area contributed by atoms with E-state index in [9.17, 15) is 9.59 Å². The molecule has 4 nitrogen and oxygen atoms in total. The van der Waals surface area contributed by atoms with Crippen molar-refractivity contribution in [1.29, 1.82) is 0 Å². The summed E-state index contributed by atoms with van der Waals surface area (Å²) in [6.45, 7) is 7.35. The van der Waals surface area contributed by atoms with Gasteiger partial charge in [-0.3, -0.25) is 14.5 Å². The van der Waals surface area contributed by atoms with Crippen molar-refractivity contribution in [2.45, 2.75) is 97.1 Å². The summed E-state index contributed by atoms with van der Waals surface area (Å²) in [6, 6.07) is 6.32. The van der Waals surface area contributed by atoms with Crippen molar-refractivity contribution in [2.75, 3.05) is 13.7 Å². The van der Waals surface area contributed by atoms with Gasteiger partial charge in [0.2, 0.25) is 0 Å². The first kappa shape index (κ1) is 25.2. The second-order valence-electron chi connectivity index (χ2n) is 11.0. The van der Waals surface area contributed by atoms with Crippen LogP contribution in [0.2, 0.25) is 5.02 Å². The molecule has 0 aromatic heterocycles. The Hall–Kier alpha value is -1.39. The number of nitrogens with zero attached hydrogens (tertiary/aromatic N) is 1. The largest absolute Gasteiger partial charge is 0.497 e. The van der Waals surface area contributed by atoms with Crippen molar-refractivity contribution in [3.05, 3.63) is 28.8 Å². The molecular weight excluding hydrogens is 422 g/mol. The van der Waals surface area contributed by atoms with E-state index < -0.39 is 0 Å². The first-order valence-electron chi connectivity index (χ1n) is 12.3. The molecule has 2 saturated heterocycles. The number of halogens is 1. The van der Waals surface area contributed by atoms with Gasteiger partial charge in [-0.1, -0.05) is 32.4 Å². The van der Waals surface area contributed by atoms with Crippen LogP contribution in [0.4, 0.5) is 0 Å². The van der Waals surface area contributed by atoms with Crippen molar-refractivity contribution in [2.24, 2.45) is 11.3 Å². The Bertz CT molecular complexity index is 787. The quantitative estimate of drug-likeness (QED) is 0.343.